The number of benzene rings is 2. The van der Waals surface area contributed by atoms with Crippen molar-refractivity contribution < 1.29 is 19.5 Å². The van der Waals surface area contributed by atoms with Gasteiger partial charge in [-0.3, -0.25) is 19.3 Å². The van der Waals surface area contributed by atoms with E-state index in [2.05, 4.69) is 23.5 Å². The zero-order valence-corrected chi connectivity index (χ0v) is 22.3. The quantitative estimate of drug-likeness (QED) is 0.334. The number of nitrogen functional groups attached to an aromatic ring is 1. The molecule has 200 valence electrons. The van der Waals surface area contributed by atoms with Crippen molar-refractivity contribution in [3.63, 3.8) is 0 Å². The molecule has 3 aromatic rings. The van der Waals surface area contributed by atoms with Gasteiger partial charge < -0.3 is 21.9 Å². The summed E-state index contributed by atoms with van der Waals surface area (Å²) in [6.07, 6.45) is 4.93. The lowest BCUT2D eigenvalue weighted by Crippen LogP contribution is -2.47. The Morgan fingerprint density at radius 1 is 1.00 bits per heavy atom. The first-order chi connectivity index (χ1) is 18.2. The zero-order valence-electron chi connectivity index (χ0n) is 21.5. The normalized spacial score (nSPS) is 14.7. The van der Waals surface area contributed by atoms with Gasteiger partial charge in [0.25, 0.3) is 11.8 Å². The summed E-state index contributed by atoms with van der Waals surface area (Å²) in [7, 11) is 0. The highest BCUT2D eigenvalue weighted by atomic mass is 32.1. The molecule has 10 heteroatoms. The van der Waals surface area contributed by atoms with Gasteiger partial charge in [-0.1, -0.05) is 57.4 Å². The van der Waals surface area contributed by atoms with Crippen LogP contribution in [0.4, 0.5) is 11.4 Å². The van der Waals surface area contributed by atoms with Crippen molar-refractivity contribution in [2.24, 2.45) is 5.73 Å². The largest absolute Gasteiger partial charge is 0.508 e. The number of nitrogens with zero attached hydrogens (tertiary/aromatic N) is 2. The lowest BCUT2D eigenvalue weighted by atomic mass is 9.94. The Hall–Kier alpha value is -3.92. The minimum atomic E-state index is -1.08. The van der Waals surface area contributed by atoms with Crippen molar-refractivity contribution in [3.8, 4) is 5.75 Å². The van der Waals surface area contributed by atoms with E-state index in [4.69, 9.17) is 11.5 Å². The number of carbonyl (C=O) groups excluding carboxylic acids is 3. The molecule has 6 N–H and O–H groups in total. The molecule has 1 aromatic heterocycles. The Bertz CT molecular complexity index is 1300. The summed E-state index contributed by atoms with van der Waals surface area (Å²) in [5.74, 6) is -1.46. The average Bonchev–Trinajstić information content (AvgIpc) is 3.29. The number of carbonyl (C=O) groups is 3. The topological polar surface area (TPSA) is 152 Å². The van der Waals surface area contributed by atoms with Crippen molar-refractivity contribution in [2.45, 2.75) is 64.0 Å². The van der Waals surface area contributed by atoms with E-state index < -0.39 is 17.9 Å². The second-order valence-corrected chi connectivity index (χ2v) is 10.7. The first-order valence-corrected chi connectivity index (χ1v) is 13.5. The van der Waals surface area contributed by atoms with Gasteiger partial charge in [0.15, 0.2) is 5.69 Å². The average molecular weight is 536 g/mol. The van der Waals surface area contributed by atoms with Crippen molar-refractivity contribution in [1.82, 2.24) is 9.69 Å². The molecule has 3 amide bonds. The van der Waals surface area contributed by atoms with Gasteiger partial charge in [0.1, 0.15) is 16.7 Å². The molecule has 4 rings (SSSR count). The maximum absolute atomic E-state index is 14.1. The van der Waals surface area contributed by atoms with E-state index in [0.29, 0.717) is 11.3 Å². The zero-order chi connectivity index (χ0) is 27.4. The maximum atomic E-state index is 14.1. The number of anilines is 2. The molecule has 1 fully saturated rings. The molecule has 0 aliphatic heterocycles. The summed E-state index contributed by atoms with van der Waals surface area (Å²) in [6.45, 7) is 4.14. The van der Waals surface area contributed by atoms with Crippen molar-refractivity contribution in [1.29, 1.82) is 0 Å². The summed E-state index contributed by atoms with van der Waals surface area (Å²) >= 11 is 0.767. The van der Waals surface area contributed by atoms with Crippen LogP contribution in [0.5, 0.6) is 5.75 Å². The predicted molar refractivity (Wildman–Crippen MR) is 148 cm³/mol. The van der Waals surface area contributed by atoms with Crippen LogP contribution in [0, 0.1) is 0 Å². The Morgan fingerprint density at radius 3 is 2.16 bits per heavy atom. The minimum Gasteiger partial charge on any atom is -0.508 e. The lowest BCUT2D eigenvalue weighted by molar-refractivity contribution is -0.123. The summed E-state index contributed by atoms with van der Waals surface area (Å²) in [6, 6.07) is 12.5. The molecular weight excluding hydrogens is 502 g/mol. The Kier molecular flexibility index (Phi) is 8.31. The van der Waals surface area contributed by atoms with E-state index in [1.165, 1.54) is 17.0 Å². The number of rotatable bonds is 8. The maximum Gasteiger partial charge on any atom is 0.273 e. The molecule has 0 unspecified atom stereocenters. The van der Waals surface area contributed by atoms with Crippen molar-refractivity contribution >= 4 is 40.6 Å². The van der Waals surface area contributed by atoms with Crippen LogP contribution in [0.3, 0.4) is 0 Å². The molecule has 0 bridgehead atoms. The fourth-order valence-electron chi connectivity index (χ4n) is 4.74. The van der Waals surface area contributed by atoms with Gasteiger partial charge in [0, 0.05) is 11.7 Å². The molecule has 0 radical (unpaired) electrons. The van der Waals surface area contributed by atoms with Gasteiger partial charge in [0.05, 0.1) is 5.69 Å². The molecular formula is C28H33N5O4S. The molecule has 1 heterocycles. The number of nitrogens with two attached hydrogens (primary N) is 2. The smallest absolute Gasteiger partial charge is 0.273 e. The van der Waals surface area contributed by atoms with Crippen LogP contribution in [0.1, 0.15) is 89.2 Å². The van der Waals surface area contributed by atoms with Gasteiger partial charge in [-0.25, -0.2) is 0 Å². The monoisotopic (exact) mass is 535 g/mol. The van der Waals surface area contributed by atoms with Gasteiger partial charge >= 0.3 is 0 Å². The van der Waals surface area contributed by atoms with E-state index in [1.54, 1.807) is 24.3 Å². The first kappa shape index (κ1) is 27.1. The SMILES string of the molecule is CC(C)c1ccc(N(C(=O)c2snc(C(N)=O)c2N)[C@H](C(=O)NC2CCCCC2)c2ccc(O)cc2)cc1. The molecule has 38 heavy (non-hydrogen) atoms. The third-order valence-corrected chi connectivity index (χ3v) is 7.73. The van der Waals surface area contributed by atoms with Gasteiger partial charge in [-0.05, 0) is 65.7 Å². The summed E-state index contributed by atoms with van der Waals surface area (Å²) in [5, 5.41) is 13.0. The van der Waals surface area contributed by atoms with Crippen LogP contribution in [0.25, 0.3) is 0 Å². The molecule has 1 saturated carbocycles. The highest BCUT2D eigenvalue weighted by Crippen LogP contribution is 2.34. The van der Waals surface area contributed by atoms with E-state index in [1.807, 2.05) is 12.1 Å². The van der Waals surface area contributed by atoms with Crippen LogP contribution in [-0.4, -0.2) is 33.2 Å². The van der Waals surface area contributed by atoms with E-state index in [9.17, 15) is 19.5 Å². The van der Waals surface area contributed by atoms with Gasteiger partial charge in [-0.2, -0.15) is 4.37 Å². The molecule has 2 aromatic carbocycles. The molecule has 1 atom stereocenters. The summed E-state index contributed by atoms with van der Waals surface area (Å²) in [5.41, 5.74) is 13.3. The molecule has 1 aliphatic carbocycles. The Labute approximate surface area is 226 Å². The number of phenolic OH excluding ortho intramolecular Hbond substituents is 1. The number of phenols is 1. The third kappa shape index (κ3) is 5.80. The standard InChI is InChI=1S/C28H33N5O4S/c1-16(2)17-8-12-20(13-9-17)33(28(37)25-22(29)23(26(30)35)32-38-25)24(18-10-14-21(34)15-11-18)27(36)31-19-6-4-3-5-7-19/h8-16,19,24,34H,3-7,29H2,1-2H3,(H2,30,35)(H,31,36)/t24-/m0/s1. The highest BCUT2D eigenvalue weighted by Gasteiger charge is 2.37. The van der Waals surface area contributed by atoms with Gasteiger partial charge in [0.2, 0.25) is 5.91 Å². The predicted octanol–water partition coefficient (Wildman–Crippen LogP) is 4.49. The van der Waals surface area contributed by atoms with E-state index in [-0.39, 0.29) is 39.9 Å². The number of nitrogens with one attached hydrogen (secondary N) is 1. The number of primary amides is 1. The summed E-state index contributed by atoms with van der Waals surface area (Å²) < 4.78 is 3.99. The number of aromatic hydroxyl groups is 1. The van der Waals surface area contributed by atoms with Crippen molar-refractivity contribution in [3.05, 3.63) is 70.2 Å². The molecule has 0 spiro atoms. The van der Waals surface area contributed by atoms with Crippen LogP contribution >= 0.6 is 11.5 Å². The number of aromatic nitrogens is 1. The number of amides is 3. The molecule has 0 saturated heterocycles. The first-order valence-electron chi connectivity index (χ1n) is 12.7. The fourth-order valence-corrected chi connectivity index (χ4v) is 5.49. The van der Waals surface area contributed by atoms with Crippen LogP contribution in [0.15, 0.2) is 48.5 Å². The van der Waals surface area contributed by atoms with Crippen LogP contribution in [0.2, 0.25) is 0 Å². The Balaban J connectivity index is 1.84. The number of hydrogen-bond acceptors (Lipinski definition) is 7. The Morgan fingerprint density at radius 2 is 1.61 bits per heavy atom. The van der Waals surface area contributed by atoms with E-state index in [0.717, 1.165) is 49.2 Å². The third-order valence-electron chi connectivity index (χ3n) is 6.88. The minimum absolute atomic E-state index is 0.00562. The van der Waals surface area contributed by atoms with Gasteiger partial charge in [-0.15, -0.1) is 0 Å². The van der Waals surface area contributed by atoms with Crippen LogP contribution < -0.4 is 21.7 Å². The lowest BCUT2D eigenvalue weighted by Gasteiger charge is -2.33. The van der Waals surface area contributed by atoms with E-state index >= 15 is 0 Å². The second kappa shape index (κ2) is 11.6. The fraction of sp³-hybridized carbons (Fsp3) is 0.357. The highest BCUT2D eigenvalue weighted by molar-refractivity contribution is 7.09. The molecule has 9 nitrogen and oxygen atoms in total. The van der Waals surface area contributed by atoms with Crippen molar-refractivity contribution in [2.75, 3.05) is 10.6 Å². The molecule has 1 aliphatic rings. The summed E-state index contributed by atoms with van der Waals surface area (Å²) in [4.78, 5) is 41.3. The van der Waals surface area contributed by atoms with Crippen LogP contribution in [-0.2, 0) is 4.79 Å². The second-order valence-electron chi connectivity index (χ2n) is 9.90. The number of hydrogen-bond donors (Lipinski definition) is 4.